The van der Waals surface area contributed by atoms with Crippen molar-refractivity contribution in [3.05, 3.63) is 24.3 Å². The second kappa shape index (κ2) is 4.08. The van der Waals surface area contributed by atoms with E-state index in [0.717, 1.165) is 11.4 Å². The van der Waals surface area contributed by atoms with Crippen molar-refractivity contribution in [3.8, 4) is 0 Å². The van der Waals surface area contributed by atoms with Gasteiger partial charge < -0.3 is 8.46 Å². The average molecular weight is 216 g/mol. The van der Waals surface area contributed by atoms with Crippen LogP contribution in [0.25, 0.3) is 0 Å². The lowest BCUT2D eigenvalue weighted by Gasteiger charge is -2.15. The molecule has 0 saturated carbocycles. The van der Waals surface area contributed by atoms with E-state index in [1.807, 2.05) is 24.3 Å². The van der Waals surface area contributed by atoms with Crippen LogP contribution in [-0.2, 0) is 0 Å². The molecule has 0 saturated heterocycles. The van der Waals surface area contributed by atoms with Crippen molar-refractivity contribution in [2.24, 2.45) is 0 Å². The SMILES string of the molecule is [Si]N([Si])c1ccc(N([Si])[Si])cc1. The van der Waals surface area contributed by atoms with Gasteiger partial charge in [0.25, 0.3) is 0 Å². The van der Waals surface area contributed by atoms with Gasteiger partial charge in [0.1, 0.15) is 0 Å². The van der Waals surface area contributed by atoms with Gasteiger partial charge in [-0.2, -0.15) is 0 Å². The lowest BCUT2D eigenvalue weighted by molar-refractivity contribution is 1.53. The molecule has 0 amide bonds. The van der Waals surface area contributed by atoms with E-state index >= 15 is 0 Å². The molecule has 54 valence electrons. The predicted octanol–water partition coefficient (Wildman–Crippen LogP) is -0.367. The van der Waals surface area contributed by atoms with Gasteiger partial charge in [-0.3, -0.25) is 0 Å². The lowest BCUT2D eigenvalue weighted by atomic mass is 10.3. The molecular weight excluding hydrogens is 212 g/mol. The first-order valence-electron chi connectivity index (χ1n) is 3.16. The Hall–Kier alpha value is -0.312. The van der Waals surface area contributed by atoms with Crippen LogP contribution in [0.2, 0.25) is 0 Å². The normalized spacial score (nSPS) is 9.67. The number of hydrogen-bond donors (Lipinski definition) is 0. The van der Waals surface area contributed by atoms with Crippen LogP contribution in [0.4, 0.5) is 11.4 Å². The zero-order valence-corrected chi connectivity index (χ0v) is 10.2. The second-order valence-corrected chi connectivity index (χ2v) is 4.87. The zero-order valence-electron chi connectivity index (χ0n) is 6.20. The molecule has 0 aliphatic rings. The zero-order chi connectivity index (χ0) is 9.14. The minimum absolute atomic E-state index is 1.02. The maximum absolute atomic E-state index is 3.30. The molecule has 12 heavy (non-hydrogen) atoms. The summed E-state index contributed by atoms with van der Waals surface area (Å²) >= 11 is 0. The van der Waals surface area contributed by atoms with Gasteiger partial charge in [0, 0.05) is 11.4 Å². The Morgan fingerprint density at radius 3 is 1.08 bits per heavy atom. The van der Waals surface area contributed by atoms with E-state index in [-0.39, 0.29) is 0 Å². The fourth-order valence-electron chi connectivity index (χ4n) is 0.751. The Morgan fingerprint density at radius 2 is 0.917 bits per heavy atom. The summed E-state index contributed by atoms with van der Waals surface area (Å²) < 4.78 is 3.35. The molecular formula is C6H4N2Si4. The Kier molecular flexibility index (Phi) is 3.32. The smallest absolute Gasteiger partial charge is 0.178 e. The van der Waals surface area contributed by atoms with Crippen LogP contribution in [-0.4, -0.2) is 41.6 Å². The minimum Gasteiger partial charge on any atom is -0.429 e. The van der Waals surface area contributed by atoms with E-state index in [1.54, 1.807) is 8.46 Å². The molecule has 0 heterocycles. The first kappa shape index (κ1) is 9.77. The quantitative estimate of drug-likeness (QED) is 0.623. The average Bonchev–Trinajstić information content (AvgIpc) is 2.04. The number of anilines is 2. The number of hydrogen-bond acceptors (Lipinski definition) is 2. The van der Waals surface area contributed by atoms with E-state index in [4.69, 9.17) is 0 Å². The summed E-state index contributed by atoms with van der Waals surface area (Å²) in [5.41, 5.74) is 2.04. The van der Waals surface area contributed by atoms with Crippen LogP contribution in [0.5, 0.6) is 0 Å². The van der Waals surface area contributed by atoms with Crippen LogP contribution in [0.1, 0.15) is 0 Å². The van der Waals surface area contributed by atoms with Gasteiger partial charge in [0.05, 0.1) is 0 Å². The van der Waals surface area contributed by atoms with Crippen LogP contribution < -0.4 is 8.46 Å². The third-order valence-electron chi connectivity index (χ3n) is 1.37. The van der Waals surface area contributed by atoms with Crippen molar-refractivity contribution in [1.82, 2.24) is 0 Å². The van der Waals surface area contributed by atoms with E-state index in [1.165, 1.54) is 0 Å². The minimum atomic E-state index is 1.02. The van der Waals surface area contributed by atoms with Crippen LogP contribution in [0.15, 0.2) is 24.3 Å². The lowest BCUT2D eigenvalue weighted by Crippen LogP contribution is -2.15. The molecule has 12 radical (unpaired) electrons. The first-order chi connectivity index (χ1) is 5.61. The molecule has 0 aliphatic carbocycles. The molecule has 0 fully saturated rings. The Morgan fingerprint density at radius 1 is 0.667 bits per heavy atom. The maximum Gasteiger partial charge on any atom is 0.178 e. The first-order valence-corrected chi connectivity index (χ1v) is 4.95. The maximum atomic E-state index is 3.30. The molecule has 0 unspecified atom stereocenters. The molecule has 0 aromatic heterocycles. The van der Waals surface area contributed by atoms with Gasteiger partial charge in [-0.25, -0.2) is 0 Å². The molecule has 0 aliphatic heterocycles. The fraction of sp³-hybridized carbons (Fsp3) is 0. The monoisotopic (exact) mass is 216 g/mol. The summed E-state index contributed by atoms with van der Waals surface area (Å²) in [5.74, 6) is 0. The standard InChI is InChI=1S/C6H4N2Si4/c9-7(10)5-1-2-6(4-3-5)8(11)12/h1-4H. The second-order valence-electron chi connectivity index (χ2n) is 2.19. The van der Waals surface area contributed by atoms with Crippen molar-refractivity contribution in [3.63, 3.8) is 0 Å². The Labute approximate surface area is 86.0 Å². The highest BCUT2D eigenvalue weighted by atomic mass is 28.2. The highest BCUT2D eigenvalue weighted by Gasteiger charge is 1.96. The molecule has 2 nitrogen and oxygen atoms in total. The number of benzene rings is 1. The summed E-state index contributed by atoms with van der Waals surface area (Å²) in [6.45, 7) is 0. The highest BCUT2D eigenvalue weighted by molar-refractivity contribution is 6.42. The Bertz CT molecular complexity index is 219. The molecule has 0 atom stereocenters. The van der Waals surface area contributed by atoms with E-state index in [2.05, 4.69) is 41.6 Å². The largest absolute Gasteiger partial charge is 0.429 e. The van der Waals surface area contributed by atoms with Crippen molar-refractivity contribution >= 4 is 53.0 Å². The van der Waals surface area contributed by atoms with Crippen LogP contribution in [0.3, 0.4) is 0 Å². The van der Waals surface area contributed by atoms with Crippen molar-refractivity contribution in [2.45, 2.75) is 0 Å². The summed E-state index contributed by atoms with van der Waals surface area (Å²) in [7, 11) is 13.2. The van der Waals surface area contributed by atoms with Gasteiger partial charge in [-0.05, 0) is 24.3 Å². The van der Waals surface area contributed by atoms with Crippen LogP contribution in [0, 0.1) is 0 Å². The summed E-state index contributed by atoms with van der Waals surface area (Å²) in [5, 5.41) is 0. The molecule has 1 aromatic rings. The van der Waals surface area contributed by atoms with Crippen molar-refractivity contribution in [1.29, 1.82) is 0 Å². The van der Waals surface area contributed by atoms with Gasteiger partial charge in [0.15, 0.2) is 41.6 Å². The summed E-state index contributed by atoms with van der Waals surface area (Å²) in [6.07, 6.45) is 0. The number of rotatable bonds is 2. The van der Waals surface area contributed by atoms with E-state index in [0.29, 0.717) is 0 Å². The van der Waals surface area contributed by atoms with Crippen molar-refractivity contribution < 1.29 is 0 Å². The van der Waals surface area contributed by atoms with Crippen LogP contribution >= 0.6 is 0 Å². The molecule has 0 spiro atoms. The fourth-order valence-corrected chi connectivity index (χ4v) is 1.35. The van der Waals surface area contributed by atoms with E-state index < -0.39 is 0 Å². The van der Waals surface area contributed by atoms with Crippen molar-refractivity contribution in [2.75, 3.05) is 8.46 Å². The molecule has 0 N–H and O–H groups in total. The third kappa shape index (κ3) is 2.34. The van der Waals surface area contributed by atoms with Gasteiger partial charge in [-0.15, -0.1) is 0 Å². The Balaban J connectivity index is 2.86. The van der Waals surface area contributed by atoms with Gasteiger partial charge in [0.2, 0.25) is 0 Å². The number of nitrogens with zero attached hydrogens (tertiary/aromatic N) is 2. The molecule has 6 heteroatoms. The summed E-state index contributed by atoms with van der Waals surface area (Å²) in [6, 6.07) is 7.84. The molecule has 0 bridgehead atoms. The topological polar surface area (TPSA) is 6.48 Å². The van der Waals surface area contributed by atoms with Gasteiger partial charge in [-0.1, -0.05) is 0 Å². The van der Waals surface area contributed by atoms with Gasteiger partial charge >= 0.3 is 0 Å². The molecule has 1 aromatic carbocycles. The third-order valence-corrected chi connectivity index (χ3v) is 2.40. The highest BCUT2D eigenvalue weighted by Crippen LogP contribution is 2.16. The summed E-state index contributed by atoms with van der Waals surface area (Å²) in [4.78, 5) is 0. The predicted molar refractivity (Wildman–Crippen MR) is 54.4 cm³/mol. The molecule has 1 rings (SSSR count). The van der Waals surface area contributed by atoms with E-state index in [9.17, 15) is 0 Å².